The van der Waals surface area contributed by atoms with E-state index in [4.69, 9.17) is 0 Å². The smallest absolute Gasteiger partial charge is 0.233 e. The van der Waals surface area contributed by atoms with Gasteiger partial charge in [-0.15, -0.1) is 0 Å². The van der Waals surface area contributed by atoms with Crippen LogP contribution in [0.1, 0.15) is 24.8 Å². The Kier molecular flexibility index (Phi) is 4.58. The summed E-state index contributed by atoms with van der Waals surface area (Å²) in [6, 6.07) is 5.57. The molecule has 0 unspecified atom stereocenters. The Morgan fingerprint density at radius 1 is 1.32 bits per heavy atom. The van der Waals surface area contributed by atoms with Crippen molar-refractivity contribution in [1.82, 2.24) is 4.90 Å². The van der Waals surface area contributed by atoms with Crippen LogP contribution in [0, 0.1) is 6.92 Å². The molecule has 1 heterocycles. The van der Waals surface area contributed by atoms with Crippen molar-refractivity contribution in [3.63, 3.8) is 0 Å². The van der Waals surface area contributed by atoms with Gasteiger partial charge in [-0.1, -0.05) is 15.9 Å². The van der Waals surface area contributed by atoms with Gasteiger partial charge in [-0.25, -0.2) is 0 Å². The molecule has 1 aromatic carbocycles. The Balaban J connectivity index is 1.89. The van der Waals surface area contributed by atoms with Gasteiger partial charge in [0.15, 0.2) is 0 Å². The average molecular weight is 325 g/mol. The van der Waals surface area contributed by atoms with Gasteiger partial charge in [0.05, 0.1) is 0 Å². The molecule has 2 rings (SSSR count). The third-order valence-electron chi connectivity index (χ3n) is 3.21. The van der Waals surface area contributed by atoms with Crippen molar-refractivity contribution in [2.45, 2.75) is 26.2 Å². The summed E-state index contributed by atoms with van der Waals surface area (Å²) in [6.45, 7) is 3.52. The molecule has 1 saturated heterocycles. The maximum absolute atomic E-state index is 11.8. The first-order chi connectivity index (χ1) is 9.06. The highest BCUT2D eigenvalue weighted by Gasteiger charge is 2.20. The topological polar surface area (TPSA) is 49.4 Å². The molecule has 0 spiro atoms. The summed E-state index contributed by atoms with van der Waals surface area (Å²) in [5, 5.41) is 2.76. The Morgan fingerprint density at radius 2 is 2.00 bits per heavy atom. The zero-order valence-corrected chi connectivity index (χ0v) is 12.5. The molecule has 1 N–H and O–H groups in total. The number of halogens is 1. The quantitative estimate of drug-likeness (QED) is 0.869. The number of nitrogens with one attached hydrogen (secondary N) is 1. The lowest BCUT2D eigenvalue weighted by molar-refractivity contribution is -0.133. The van der Waals surface area contributed by atoms with E-state index < -0.39 is 0 Å². The highest BCUT2D eigenvalue weighted by molar-refractivity contribution is 9.10. The monoisotopic (exact) mass is 324 g/mol. The van der Waals surface area contributed by atoms with Crippen molar-refractivity contribution >= 4 is 33.4 Å². The van der Waals surface area contributed by atoms with Crippen molar-refractivity contribution in [2.24, 2.45) is 0 Å². The zero-order chi connectivity index (χ0) is 13.8. The molecule has 102 valence electrons. The minimum Gasteiger partial charge on any atom is -0.342 e. The summed E-state index contributed by atoms with van der Waals surface area (Å²) in [5.74, 6) is -0.331. The molecular formula is C14H17BrN2O2. The molecule has 0 radical (unpaired) electrons. The molecule has 1 aliphatic rings. The van der Waals surface area contributed by atoms with Crippen molar-refractivity contribution in [1.29, 1.82) is 0 Å². The van der Waals surface area contributed by atoms with Crippen LogP contribution < -0.4 is 5.32 Å². The van der Waals surface area contributed by atoms with Crippen molar-refractivity contribution in [3.8, 4) is 0 Å². The van der Waals surface area contributed by atoms with Gasteiger partial charge in [0.1, 0.15) is 6.42 Å². The van der Waals surface area contributed by atoms with Gasteiger partial charge in [-0.05, 0) is 43.5 Å². The standard InChI is InChI=1S/C14H17BrN2O2/c1-10-8-11(4-5-12(10)15)16-13(18)9-14(19)17-6-2-3-7-17/h4-5,8H,2-3,6-7,9H2,1H3,(H,16,18). The number of likely N-dealkylation sites (tertiary alicyclic amines) is 1. The number of carbonyl (C=O) groups is 2. The van der Waals surface area contributed by atoms with Gasteiger partial charge >= 0.3 is 0 Å². The molecule has 0 atom stereocenters. The Bertz CT molecular complexity index is 496. The van der Waals surface area contributed by atoms with Crippen LogP contribution in [0.2, 0.25) is 0 Å². The fourth-order valence-corrected chi connectivity index (χ4v) is 2.39. The first-order valence-electron chi connectivity index (χ1n) is 6.40. The Labute approximate surface area is 121 Å². The molecule has 19 heavy (non-hydrogen) atoms. The first kappa shape index (κ1) is 14.1. The number of amides is 2. The van der Waals surface area contributed by atoms with E-state index in [1.165, 1.54) is 0 Å². The molecule has 0 aliphatic carbocycles. The Morgan fingerprint density at radius 3 is 2.63 bits per heavy atom. The highest BCUT2D eigenvalue weighted by atomic mass is 79.9. The zero-order valence-electron chi connectivity index (χ0n) is 10.9. The lowest BCUT2D eigenvalue weighted by Crippen LogP contribution is -2.31. The number of benzene rings is 1. The predicted molar refractivity (Wildman–Crippen MR) is 77.9 cm³/mol. The summed E-state index contributed by atoms with van der Waals surface area (Å²) in [5.41, 5.74) is 1.77. The molecule has 0 bridgehead atoms. The van der Waals surface area contributed by atoms with E-state index in [0.29, 0.717) is 0 Å². The van der Waals surface area contributed by atoms with E-state index in [1.807, 2.05) is 25.1 Å². The summed E-state index contributed by atoms with van der Waals surface area (Å²) in [4.78, 5) is 25.4. The molecule has 1 aromatic rings. The van der Waals surface area contributed by atoms with Crippen LogP contribution in [0.4, 0.5) is 5.69 Å². The van der Waals surface area contributed by atoms with E-state index >= 15 is 0 Å². The van der Waals surface area contributed by atoms with Crippen molar-refractivity contribution < 1.29 is 9.59 Å². The second-order valence-corrected chi connectivity index (χ2v) is 5.63. The number of hydrogen-bond donors (Lipinski definition) is 1. The minimum absolute atomic E-state index is 0.0743. The van der Waals surface area contributed by atoms with Gasteiger partial charge in [0.2, 0.25) is 11.8 Å². The van der Waals surface area contributed by atoms with Crippen LogP contribution in [-0.2, 0) is 9.59 Å². The Hall–Kier alpha value is -1.36. The first-order valence-corrected chi connectivity index (χ1v) is 7.19. The molecule has 5 heteroatoms. The molecule has 0 aromatic heterocycles. The van der Waals surface area contributed by atoms with Crippen molar-refractivity contribution in [3.05, 3.63) is 28.2 Å². The van der Waals surface area contributed by atoms with E-state index in [1.54, 1.807) is 4.90 Å². The second-order valence-electron chi connectivity index (χ2n) is 4.78. The number of nitrogens with zero attached hydrogens (tertiary/aromatic N) is 1. The lowest BCUT2D eigenvalue weighted by Gasteiger charge is -2.15. The van der Waals surface area contributed by atoms with Crippen LogP contribution in [-0.4, -0.2) is 29.8 Å². The van der Waals surface area contributed by atoms with E-state index in [9.17, 15) is 9.59 Å². The number of carbonyl (C=O) groups excluding carboxylic acids is 2. The van der Waals surface area contributed by atoms with Gasteiger partial charge in [0, 0.05) is 23.2 Å². The lowest BCUT2D eigenvalue weighted by atomic mass is 10.2. The number of aryl methyl sites for hydroxylation is 1. The maximum Gasteiger partial charge on any atom is 0.233 e. The fourth-order valence-electron chi connectivity index (χ4n) is 2.14. The third-order valence-corrected chi connectivity index (χ3v) is 4.10. The molecule has 2 amide bonds. The van der Waals surface area contributed by atoms with Gasteiger partial charge in [0.25, 0.3) is 0 Å². The van der Waals surface area contributed by atoms with Crippen LogP contribution in [0.25, 0.3) is 0 Å². The number of anilines is 1. The summed E-state index contributed by atoms with van der Waals surface area (Å²) in [7, 11) is 0. The van der Waals surface area contributed by atoms with E-state index in [0.717, 1.165) is 41.7 Å². The number of hydrogen-bond acceptors (Lipinski definition) is 2. The summed E-state index contributed by atoms with van der Waals surface area (Å²) in [6.07, 6.45) is 2.01. The molecule has 1 fully saturated rings. The van der Waals surface area contributed by atoms with Gasteiger partial charge in [-0.3, -0.25) is 9.59 Å². The van der Waals surface area contributed by atoms with Crippen LogP contribution in [0.15, 0.2) is 22.7 Å². The van der Waals surface area contributed by atoms with Crippen LogP contribution in [0.5, 0.6) is 0 Å². The number of rotatable bonds is 3. The molecular weight excluding hydrogens is 308 g/mol. The minimum atomic E-state index is -0.251. The molecule has 1 aliphatic heterocycles. The predicted octanol–water partition coefficient (Wildman–Crippen LogP) is 2.71. The molecule has 4 nitrogen and oxygen atoms in total. The van der Waals surface area contributed by atoms with Crippen molar-refractivity contribution in [2.75, 3.05) is 18.4 Å². The third kappa shape index (κ3) is 3.80. The fraction of sp³-hybridized carbons (Fsp3) is 0.429. The SMILES string of the molecule is Cc1cc(NC(=O)CC(=O)N2CCCC2)ccc1Br. The van der Waals surface area contributed by atoms with Crippen LogP contribution >= 0.6 is 15.9 Å². The summed E-state index contributed by atoms with van der Waals surface area (Å²) >= 11 is 3.41. The molecule has 0 saturated carbocycles. The largest absolute Gasteiger partial charge is 0.342 e. The van der Waals surface area contributed by atoms with Gasteiger partial charge < -0.3 is 10.2 Å². The average Bonchev–Trinajstić information content (AvgIpc) is 2.87. The van der Waals surface area contributed by atoms with Gasteiger partial charge in [-0.2, -0.15) is 0 Å². The normalized spacial score (nSPS) is 14.5. The highest BCUT2D eigenvalue weighted by Crippen LogP contribution is 2.20. The van der Waals surface area contributed by atoms with Crippen LogP contribution in [0.3, 0.4) is 0 Å². The second kappa shape index (κ2) is 6.19. The van der Waals surface area contributed by atoms with E-state index in [-0.39, 0.29) is 18.2 Å². The summed E-state index contributed by atoms with van der Waals surface area (Å²) < 4.78 is 0.999. The van der Waals surface area contributed by atoms with E-state index in [2.05, 4.69) is 21.2 Å². The maximum atomic E-state index is 11.8.